The number of thioether (sulfide) groups is 1. The molecule has 1 aromatic rings. The van der Waals surface area contributed by atoms with Gasteiger partial charge in [0.2, 0.25) is 0 Å². The zero-order valence-electron chi connectivity index (χ0n) is 7.33. The van der Waals surface area contributed by atoms with E-state index in [1.807, 2.05) is 6.92 Å². The normalized spacial score (nSPS) is 12.1. The second-order valence-electron chi connectivity index (χ2n) is 2.72. The standard InChI is InChI=1S/C10H10FNS/c1-8(6-7-12)13-10-5-3-2-4-9(10)11/h2-5,8H,6H2,1H3. The molecule has 1 nitrogen and oxygen atoms in total. The van der Waals surface area contributed by atoms with Crippen LogP contribution in [0.15, 0.2) is 29.2 Å². The van der Waals surface area contributed by atoms with E-state index in [2.05, 4.69) is 6.07 Å². The summed E-state index contributed by atoms with van der Waals surface area (Å²) in [5, 5.41) is 8.57. The Kier molecular flexibility index (Phi) is 3.78. The smallest absolute Gasteiger partial charge is 0.136 e. The molecule has 0 fully saturated rings. The van der Waals surface area contributed by atoms with E-state index in [0.717, 1.165) is 0 Å². The fourth-order valence-corrected chi connectivity index (χ4v) is 1.86. The first-order valence-electron chi connectivity index (χ1n) is 4.02. The van der Waals surface area contributed by atoms with Crippen molar-refractivity contribution < 1.29 is 4.39 Å². The van der Waals surface area contributed by atoms with Crippen LogP contribution < -0.4 is 0 Å². The summed E-state index contributed by atoms with van der Waals surface area (Å²) in [4.78, 5) is 0.616. The average Bonchev–Trinajstić information content (AvgIpc) is 2.09. The van der Waals surface area contributed by atoms with E-state index in [1.165, 1.54) is 17.8 Å². The van der Waals surface area contributed by atoms with Crippen LogP contribution in [0, 0.1) is 17.1 Å². The average molecular weight is 195 g/mol. The first-order valence-corrected chi connectivity index (χ1v) is 4.90. The van der Waals surface area contributed by atoms with Crippen LogP contribution in [0.1, 0.15) is 13.3 Å². The maximum Gasteiger partial charge on any atom is 0.136 e. The highest BCUT2D eigenvalue weighted by Crippen LogP contribution is 2.26. The van der Waals surface area contributed by atoms with Gasteiger partial charge in [-0.1, -0.05) is 19.1 Å². The number of hydrogen-bond donors (Lipinski definition) is 0. The molecule has 0 N–H and O–H groups in total. The highest BCUT2D eigenvalue weighted by atomic mass is 32.2. The fraction of sp³-hybridized carbons (Fsp3) is 0.300. The van der Waals surface area contributed by atoms with E-state index in [9.17, 15) is 4.39 Å². The molecule has 1 unspecified atom stereocenters. The van der Waals surface area contributed by atoms with Crippen LogP contribution in [0.5, 0.6) is 0 Å². The summed E-state index contributed by atoms with van der Waals surface area (Å²) < 4.78 is 13.1. The van der Waals surface area contributed by atoms with Crippen LogP contribution in [-0.4, -0.2) is 5.25 Å². The van der Waals surface area contributed by atoms with Crippen LogP contribution >= 0.6 is 11.8 Å². The Morgan fingerprint density at radius 1 is 1.54 bits per heavy atom. The predicted molar refractivity (Wildman–Crippen MR) is 51.9 cm³/mol. The highest BCUT2D eigenvalue weighted by molar-refractivity contribution is 8.00. The molecule has 3 heteroatoms. The minimum atomic E-state index is -0.211. The topological polar surface area (TPSA) is 23.8 Å². The molecule has 0 aliphatic carbocycles. The summed E-state index contributed by atoms with van der Waals surface area (Å²) in [5.41, 5.74) is 0. The second-order valence-corrected chi connectivity index (χ2v) is 4.20. The van der Waals surface area contributed by atoms with Gasteiger partial charge in [-0.05, 0) is 12.1 Å². The van der Waals surface area contributed by atoms with Gasteiger partial charge in [-0.25, -0.2) is 4.39 Å². The van der Waals surface area contributed by atoms with Crippen LogP contribution in [0.2, 0.25) is 0 Å². The highest BCUT2D eigenvalue weighted by Gasteiger charge is 2.06. The maximum absolute atomic E-state index is 13.1. The summed E-state index contributed by atoms with van der Waals surface area (Å²) in [6.45, 7) is 1.92. The minimum Gasteiger partial charge on any atom is -0.206 e. The van der Waals surface area contributed by atoms with Gasteiger partial charge >= 0.3 is 0 Å². The van der Waals surface area contributed by atoms with Gasteiger partial charge in [-0.3, -0.25) is 0 Å². The van der Waals surface area contributed by atoms with Crippen molar-refractivity contribution in [2.75, 3.05) is 0 Å². The molecule has 0 heterocycles. The van der Waals surface area contributed by atoms with E-state index < -0.39 is 0 Å². The number of rotatable bonds is 3. The largest absolute Gasteiger partial charge is 0.206 e. The molecule has 0 bridgehead atoms. The van der Waals surface area contributed by atoms with Crippen molar-refractivity contribution in [3.63, 3.8) is 0 Å². The Hall–Kier alpha value is -1.01. The third kappa shape index (κ3) is 3.08. The van der Waals surface area contributed by atoms with E-state index in [1.54, 1.807) is 18.2 Å². The molecule has 13 heavy (non-hydrogen) atoms. The first-order chi connectivity index (χ1) is 6.24. The molecule has 68 valence electrons. The van der Waals surface area contributed by atoms with Gasteiger partial charge in [0.1, 0.15) is 5.82 Å². The molecule has 0 saturated carbocycles. The number of benzene rings is 1. The summed E-state index contributed by atoms with van der Waals surface area (Å²) in [7, 11) is 0. The van der Waals surface area contributed by atoms with E-state index in [-0.39, 0.29) is 11.1 Å². The quantitative estimate of drug-likeness (QED) is 0.691. The molecule has 0 spiro atoms. The Bertz CT molecular complexity index is 319. The van der Waals surface area contributed by atoms with Crippen molar-refractivity contribution in [3.05, 3.63) is 30.1 Å². The van der Waals surface area contributed by atoms with Gasteiger partial charge in [0.25, 0.3) is 0 Å². The van der Waals surface area contributed by atoms with Gasteiger partial charge < -0.3 is 0 Å². The predicted octanol–water partition coefficient (Wildman–Crippen LogP) is 3.22. The second kappa shape index (κ2) is 4.88. The van der Waals surface area contributed by atoms with E-state index in [4.69, 9.17) is 5.26 Å². The molecule has 1 aromatic carbocycles. The molecule has 0 amide bonds. The van der Waals surface area contributed by atoms with Crippen molar-refractivity contribution in [3.8, 4) is 6.07 Å². The first kappa shape index (κ1) is 10.1. The Balaban J connectivity index is 2.64. The van der Waals surface area contributed by atoms with Crippen molar-refractivity contribution in [1.82, 2.24) is 0 Å². The SMILES string of the molecule is CC(CC#N)Sc1ccccc1F. The van der Waals surface area contributed by atoms with Crippen molar-refractivity contribution in [2.45, 2.75) is 23.5 Å². The van der Waals surface area contributed by atoms with Gasteiger partial charge in [-0.15, -0.1) is 11.8 Å². The molecule has 0 aromatic heterocycles. The monoisotopic (exact) mass is 195 g/mol. The van der Waals surface area contributed by atoms with Gasteiger partial charge in [0.05, 0.1) is 6.07 Å². The summed E-state index contributed by atoms with van der Waals surface area (Å²) in [6.07, 6.45) is 0.443. The lowest BCUT2D eigenvalue weighted by Crippen LogP contribution is -1.94. The molecule has 0 aliphatic heterocycles. The van der Waals surface area contributed by atoms with Gasteiger partial charge in [-0.2, -0.15) is 5.26 Å². The lowest BCUT2D eigenvalue weighted by atomic mass is 10.3. The Labute approximate surface area is 81.6 Å². The van der Waals surface area contributed by atoms with Gasteiger partial charge in [0.15, 0.2) is 0 Å². The molecular formula is C10H10FNS. The van der Waals surface area contributed by atoms with Crippen molar-refractivity contribution in [2.24, 2.45) is 0 Å². The van der Waals surface area contributed by atoms with E-state index >= 15 is 0 Å². The number of halogens is 1. The lowest BCUT2D eigenvalue weighted by Gasteiger charge is -2.06. The molecular weight excluding hydrogens is 185 g/mol. The van der Waals surface area contributed by atoms with Crippen LogP contribution in [0.3, 0.4) is 0 Å². The number of nitrogens with zero attached hydrogens (tertiary/aromatic N) is 1. The zero-order chi connectivity index (χ0) is 9.68. The molecule has 0 saturated heterocycles. The van der Waals surface area contributed by atoms with E-state index in [0.29, 0.717) is 11.3 Å². The minimum absolute atomic E-state index is 0.141. The summed E-state index contributed by atoms with van der Waals surface area (Å²) >= 11 is 1.40. The Morgan fingerprint density at radius 2 is 2.23 bits per heavy atom. The fourth-order valence-electron chi connectivity index (χ4n) is 0.927. The van der Waals surface area contributed by atoms with Crippen LogP contribution in [0.4, 0.5) is 4.39 Å². The Morgan fingerprint density at radius 3 is 2.85 bits per heavy atom. The lowest BCUT2D eigenvalue weighted by molar-refractivity contribution is 0.601. The molecule has 1 rings (SSSR count). The third-order valence-corrected chi connectivity index (χ3v) is 2.70. The molecule has 0 aliphatic rings. The molecule has 1 atom stereocenters. The maximum atomic E-state index is 13.1. The summed E-state index contributed by atoms with van der Waals surface area (Å²) in [6, 6.07) is 8.68. The van der Waals surface area contributed by atoms with Crippen LogP contribution in [-0.2, 0) is 0 Å². The van der Waals surface area contributed by atoms with Crippen molar-refractivity contribution >= 4 is 11.8 Å². The number of nitriles is 1. The summed E-state index contributed by atoms with van der Waals surface area (Å²) in [5.74, 6) is -0.211. The third-order valence-electron chi connectivity index (χ3n) is 1.54. The van der Waals surface area contributed by atoms with Crippen LogP contribution in [0.25, 0.3) is 0 Å². The van der Waals surface area contributed by atoms with Crippen molar-refractivity contribution in [1.29, 1.82) is 5.26 Å². The van der Waals surface area contributed by atoms with Gasteiger partial charge in [0, 0.05) is 16.6 Å². The zero-order valence-corrected chi connectivity index (χ0v) is 8.14. The number of hydrogen-bond acceptors (Lipinski definition) is 2. The molecule has 0 radical (unpaired) electrons.